The smallest absolute Gasteiger partial charge is 0.244 e. The van der Waals surface area contributed by atoms with Crippen LogP contribution in [-0.2, 0) is 24.7 Å². The van der Waals surface area contributed by atoms with Gasteiger partial charge >= 0.3 is 0 Å². The van der Waals surface area contributed by atoms with E-state index >= 15 is 0 Å². The molecule has 1 aromatic rings. The van der Waals surface area contributed by atoms with Gasteiger partial charge in [-0.2, -0.15) is 4.31 Å². The van der Waals surface area contributed by atoms with E-state index in [0.717, 1.165) is 38.5 Å². The third-order valence-electron chi connectivity index (χ3n) is 6.36. The first-order valence-corrected chi connectivity index (χ1v) is 15.1. The van der Waals surface area contributed by atoms with Gasteiger partial charge in [-0.15, -0.1) is 0 Å². The molecule has 3 aliphatic rings. The molecule has 3 fully saturated rings. The fraction of sp³-hybridized carbons (Fsp3) is 0.700. The number of nitrogens with zero attached hydrogens (tertiary/aromatic N) is 3. The largest absolute Gasteiger partial charge is 0.335 e. The molecular formula is C20H29N3O5S3. The Balaban J connectivity index is 1.40. The van der Waals surface area contributed by atoms with Crippen LogP contribution >= 0.6 is 11.8 Å². The third-order valence-corrected chi connectivity index (χ3v) is 10.9. The molecule has 11 heteroatoms. The maximum Gasteiger partial charge on any atom is 0.244 e. The second-order valence-electron chi connectivity index (χ2n) is 8.53. The number of sulfone groups is 1. The van der Waals surface area contributed by atoms with E-state index in [-0.39, 0.29) is 40.1 Å². The molecule has 3 heterocycles. The minimum Gasteiger partial charge on any atom is -0.335 e. The van der Waals surface area contributed by atoms with Gasteiger partial charge in [0.25, 0.3) is 0 Å². The highest BCUT2D eigenvalue weighted by atomic mass is 32.2. The van der Waals surface area contributed by atoms with Gasteiger partial charge in [0.2, 0.25) is 15.9 Å². The maximum atomic E-state index is 13.1. The zero-order chi connectivity index (χ0) is 22.1. The summed E-state index contributed by atoms with van der Waals surface area (Å²) in [5.41, 5.74) is 0. The van der Waals surface area contributed by atoms with Crippen LogP contribution in [0, 0.1) is 0 Å². The van der Waals surface area contributed by atoms with Crippen LogP contribution in [0.3, 0.4) is 0 Å². The summed E-state index contributed by atoms with van der Waals surface area (Å²) in [7, 11) is -6.57. The van der Waals surface area contributed by atoms with Crippen LogP contribution in [0.15, 0.2) is 28.3 Å². The van der Waals surface area contributed by atoms with Crippen molar-refractivity contribution in [2.75, 3.05) is 30.3 Å². The number of carbonyl (C=O) groups is 1. The lowest BCUT2D eigenvalue weighted by Crippen LogP contribution is -2.47. The van der Waals surface area contributed by atoms with Gasteiger partial charge < -0.3 is 4.90 Å². The van der Waals surface area contributed by atoms with Crippen molar-refractivity contribution >= 4 is 37.5 Å². The second kappa shape index (κ2) is 9.36. The number of rotatable bonds is 7. The molecule has 31 heavy (non-hydrogen) atoms. The number of sulfonamides is 1. The molecule has 0 aromatic carbocycles. The van der Waals surface area contributed by atoms with Crippen LogP contribution in [-0.4, -0.2) is 79.4 Å². The minimum absolute atomic E-state index is 0.0568. The Morgan fingerprint density at radius 2 is 1.81 bits per heavy atom. The highest BCUT2D eigenvalue weighted by molar-refractivity contribution is 7.99. The van der Waals surface area contributed by atoms with Crippen LogP contribution in [0.2, 0.25) is 0 Å². The second-order valence-corrected chi connectivity index (χ2v) is 13.7. The summed E-state index contributed by atoms with van der Waals surface area (Å²) in [5, 5.41) is 0.583. The van der Waals surface area contributed by atoms with Crippen molar-refractivity contribution in [1.82, 2.24) is 14.2 Å². The van der Waals surface area contributed by atoms with E-state index in [1.807, 2.05) is 4.90 Å². The number of aromatic nitrogens is 1. The number of hydrogen-bond acceptors (Lipinski definition) is 7. The minimum atomic E-state index is -3.50. The number of thioether (sulfide) groups is 1. The average Bonchev–Trinajstić information content (AvgIpc) is 3.50. The van der Waals surface area contributed by atoms with Gasteiger partial charge in [-0.25, -0.2) is 21.8 Å². The van der Waals surface area contributed by atoms with Crippen LogP contribution in [0.5, 0.6) is 0 Å². The first-order chi connectivity index (χ1) is 14.8. The average molecular weight is 488 g/mol. The molecule has 1 aromatic heterocycles. The molecule has 1 aliphatic carbocycles. The Bertz CT molecular complexity index is 999. The lowest BCUT2D eigenvalue weighted by atomic mass is 10.1. The highest BCUT2D eigenvalue weighted by Crippen LogP contribution is 2.30. The van der Waals surface area contributed by atoms with Gasteiger partial charge in [0.1, 0.15) is 4.90 Å². The van der Waals surface area contributed by atoms with E-state index in [2.05, 4.69) is 4.98 Å². The van der Waals surface area contributed by atoms with Crippen molar-refractivity contribution in [3.05, 3.63) is 18.3 Å². The third kappa shape index (κ3) is 5.26. The number of amides is 1. The molecule has 2 saturated heterocycles. The van der Waals surface area contributed by atoms with Gasteiger partial charge in [0.05, 0.1) is 22.3 Å². The van der Waals surface area contributed by atoms with Crippen molar-refractivity contribution in [3.63, 3.8) is 0 Å². The summed E-state index contributed by atoms with van der Waals surface area (Å²) in [6.45, 7) is 1.09. The lowest BCUT2D eigenvalue weighted by Gasteiger charge is -2.34. The standard InChI is InChI=1S/C20H29N3O5S3/c24-20(23(16-5-1-2-6-16)17-9-12-30(25,26)15-17)14-29-19-8-7-18(13-21-19)31(27,28)22-10-3-4-11-22/h7-8,13,16-17H,1-6,9-12,14-15H2/t17-/m0/s1. The van der Waals surface area contributed by atoms with Crippen molar-refractivity contribution < 1.29 is 21.6 Å². The Morgan fingerprint density at radius 1 is 1.10 bits per heavy atom. The molecule has 1 saturated carbocycles. The monoisotopic (exact) mass is 487 g/mol. The topological polar surface area (TPSA) is 105 Å². The molecule has 172 valence electrons. The summed E-state index contributed by atoms with van der Waals surface area (Å²) in [6.07, 6.45) is 7.61. The predicted octanol–water partition coefficient (Wildman–Crippen LogP) is 1.92. The molecule has 2 aliphatic heterocycles. The van der Waals surface area contributed by atoms with Gasteiger partial charge in [0.15, 0.2) is 9.84 Å². The van der Waals surface area contributed by atoms with E-state index in [1.165, 1.54) is 22.3 Å². The molecule has 8 nitrogen and oxygen atoms in total. The summed E-state index contributed by atoms with van der Waals surface area (Å²) >= 11 is 1.27. The van der Waals surface area contributed by atoms with Crippen molar-refractivity contribution in [2.24, 2.45) is 0 Å². The SMILES string of the molecule is O=C(CSc1ccc(S(=O)(=O)N2CCCC2)cn1)N(C1CCCC1)[C@H]1CCS(=O)(=O)C1. The molecule has 0 spiro atoms. The maximum absolute atomic E-state index is 13.1. The Kier molecular flexibility index (Phi) is 6.95. The van der Waals surface area contributed by atoms with Gasteiger partial charge in [-0.1, -0.05) is 24.6 Å². The normalized spacial score (nSPS) is 24.6. The molecule has 4 rings (SSSR count). The van der Waals surface area contributed by atoms with Crippen molar-refractivity contribution in [2.45, 2.75) is 67.0 Å². The van der Waals surface area contributed by atoms with Gasteiger partial charge in [0, 0.05) is 31.4 Å². The van der Waals surface area contributed by atoms with Crippen molar-refractivity contribution in [1.29, 1.82) is 0 Å². The summed E-state index contributed by atoms with van der Waals surface area (Å²) in [4.78, 5) is 19.3. The Morgan fingerprint density at radius 3 is 2.39 bits per heavy atom. The number of hydrogen-bond donors (Lipinski definition) is 0. The van der Waals surface area contributed by atoms with Crippen molar-refractivity contribution in [3.8, 4) is 0 Å². The molecule has 1 atom stereocenters. The highest BCUT2D eigenvalue weighted by Gasteiger charge is 2.38. The van der Waals surface area contributed by atoms with E-state index in [0.29, 0.717) is 24.5 Å². The summed E-state index contributed by atoms with van der Waals surface area (Å²) in [5.74, 6) is 0.310. The molecular weight excluding hydrogens is 458 g/mol. The van der Waals surface area contributed by atoms with E-state index < -0.39 is 19.9 Å². The Hall–Kier alpha value is -1.17. The molecule has 0 bridgehead atoms. The predicted molar refractivity (Wildman–Crippen MR) is 119 cm³/mol. The van der Waals surface area contributed by atoms with Crippen LogP contribution < -0.4 is 0 Å². The summed E-state index contributed by atoms with van der Waals surface area (Å²) < 4.78 is 50.6. The van der Waals surface area contributed by atoms with Crippen LogP contribution in [0.4, 0.5) is 0 Å². The van der Waals surface area contributed by atoms with Gasteiger partial charge in [-0.3, -0.25) is 4.79 Å². The van der Waals surface area contributed by atoms with E-state index in [1.54, 1.807) is 12.1 Å². The van der Waals surface area contributed by atoms with Crippen LogP contribution in [0.25, 0.3) is 0 Å². The number of pyridine rings is 1. The summed E-state index contributed by atoms with van der Waals surface area (Å²) in [6, 6.07) is 3.07. The van der Waals surface area contributed by atoms with Crippen LogP contribution in [0.1, 0.15) is 44.9 Å². The Labute approximate surface area is 188 Å². The lowest BCUT2D eigenvalue weighted by molar-refractivity contribution is -0.132. The molecule has 0 unspecified atom stereocenters. The fourth-order valence-corrected chi connectivity index (χ4v) is 8.66. The van der Waals surface area contributed by atoms with E-state index in [9.17, 15) is 21.6 Å². The first-order valence-electron chi connectivity index (χ1n) is 10.9. The molecule has 1 amide bonds. The quantitative estimate of drug-likeness (QED) is 0.541. The first kappa shape index (κ1) is 23.0. The molecule has 0 radical (unpaired) electrons. The zero-order valence-corrected chi connectivity index (χ0v) is 19.9. The zero-order valence-electron chi connectivity index (χ0n) is 17.5. The van der Waals surface area contributed by atoms with E-state index in [4.69, 9.17) is 0 Å². The molecule has 0 N–H and O–H groups in total. The number of carbonyl (C=O) groups excluding carboxylic acids is 1. The fourth-order valence-electron chi connectivity index (χ4n) is 4.78. The van der Waals surface area contributed by atoms with Gasteiger partial charge in [-0.05, 0) is 44.2 Å².